The van der Waals surface area contributed by atoms with Gasteiger partial charge in [-0.1, -0.05) is 18.2 Å². The van der Waals surface area contributed by atoms with Gasteiger partial charge in [-0.05, 0) is 68.9 Å². The van der Waals surface area contributed by atoms with Crippen molar-refractivity contribution < 1.29 is 18.7 Å². The van der Waals surface area contributed by atoms with Gasteiger partial charge in [0.2, 0.25) is 0 Å². The van der Waals surface area contributed by atoms with Gasteiger partial charge in [0.15, 0.2) is 17.4 Å². The molecule has 35 heavy (non-hydrogen) atoms. The molecule has 0 atom stereocenters. The number of fused-ring (bicyclic) bond motifs is 1. The number of amides is 1. The Hall–Kier alpha value is -3.81. The van der Waals surface area contributed by atoms with Crippen LogP contribution in [0.2, 0.25) is 0 Å². The van der Waals surface area contributed by atoms with E-state index in [-0.39, 0.29) is 17.5 Å². The molecule has 1 amide bonds. The van der Waals surface area contributed by atoms with Crippen LogP contribution in [-0.4, -0.2) is 32.3 Å². The summed E-state index contributed by atoms with van der Waals surface area (Å²) < 4.78 is 29.1. The van der Waals surface area contributed by atoms with Crippen LogP contribution >= 0.6 is 0 Å². The quantitative estimate of drug-likeness (QED) is 0.396. The zero-order valence-corrected chi connectivity index (χ0v) is 19.3. The number of aryl methyl sites for hydroxylation is 1. The van der Waals surface area contributed by atoms with Crippen molar-refractivity contribution >= 4 is 16.8 Å². The van der Waals surface area contributed by atoms with E-state index in [4.69, 9.17) is 5.10 Å². The summed E-state index contributed by atoms with van der Waals surface area (Å²) in [4.78, 5) is 16.9. The van der Waals surface area contributed by atoms with E-state index < -0.39 is 23.3 Å². The third-order valence-corrected chi connectivity index (χ3v) is 6.73. The minimum absolute atomic E-state index is 0.144. The predicted molar refractivity (Wildman–Crippen MR) is 129 cm³/mol. The molecular formula is C27H26F2N4O2. The molecule has 0 spiro atoms. The van der Waals surface area contributed by atoms with Crippen molar-refractivity contribution in [2.24, 2.45) is 5.92 Å². The van der Waals surface area contributed by atoms with E-state index in [1.165, 1.54) is 0 Å². The van der Waals surface area contributed by atoms with Crippen molar-refractivity contribution in [3.05, 3.63) is 77.6 Å². The number of hydrogen-bond donors (Lipinski definition) is 2. The number of carbonyl (C=O) groups is 1. The minimum Gasteiger partial charge on any atom is -0.503 e. The highest BCUT2D eigenvalue weighted by atomic mass is 19.1. The van der Waals surface area contributed by atoms with Crippen molar-refractivity contribution in [1.29, 1.82) is 0 Å². The Kier molecular flexibility index (Phi) is 6.19. The van der Waals surface area contributed by atoms with E-state index in [0.717, 1.165) is 65.7 Å². The van der Waals surface area contributed by atoms with Gasteiger partial charge < -0.3 is 10.4 Å². The largest absolute Gasteiger partial charge is 0.503 e. The van der Waals surface area contributed by atoms with Crippen LogP contribution in [0.15, 0.2) is 54.7 Å². The maximum absolute atomic E-state index is 13.5. The normalized spacial score (nSPS) is 18.0. The van der Waals surface area contributed by atoms with Crippen LogP contribution in [0.4, 0.5) is 8.78 Å². The predicted octanol–water partition coefficient (Wildman–Crippen LogP) is 5.55. The highest BCUT2D eigenvalue weighted by Gasteiger charge is 2.24. The fourth-order valence-corrected chi connectivity index (χ4v) is 4.73. The van der Waals surface area contributed by atoms with Crippen molar-refractivity contribution in [3.8, 4) is 17.0 Å². The summed E-state index contributed by atoms with van der Waals surface area (Å²) in [6.07, 6.45) is 5.78. The standard InChI is InChI=1S/C27H26F2N4O2/c1-16-3-2-4-24(31-16)18-7-8-19-15-33(32-25(19)13-18)21-9-5-17(6-10-21)14-30-27(35)20-11-22(28)26(34)23(29)12-20/h2-4,7-8,11-13,15,17,21,34H,5-6,9-10,14H2,1H3,(H,30,35)/t17-,21-. The third kappa shape index (κ3) is 4.87. The van der Waals surface area contributed by atoms with Crippen LogP contribution in [0.3, 0.4) is 0 Å². The Bertz CT molecular complexity index is 1370. The third-order valence-electron chi connectivity index (χ3n) is 6.73. The number of halogens is 2. The summed E-state index contributed by atoms with van der Waals surface area (Å²) in [5.74, 6) is -3.64. The number of nitrogens with zero attached hydrogens (tertiary/aromatic N) is 3. The summed E-state index contributed by atoms with van der Waals surface area (Å²) >= 11 is 0. The van der Waals surface area contributed by atoms with Gasteiger partial charge in [-0.2, -0.15) is 5.10 Å². The molecule has 1 saturated carbocycles. The molecule has 180 valence electrons. The number of rotatable bonds is 5. The van der Waals surface area contributed by atoms with E-state index in [1.54, 1.807) is 0 Å². The minimum atomic E-state index is -1.15. The molecule has 8 heteroatoms. The maximum Gasteiger partial charge on any atom is 0.251 e. The summed E-state index contributed by atoms with van der Waals surface area (Å²) in [6, 6.07) is 14.2. The number of carbonyl (C=O) groups excluding carboxylic acids is 1. The lowest BCUT2D eigenvalue weighted by Crippen LogP contribution is -2.31. The second kappa shape index (κ2) is 9.44. The summed E-state index contributed by atoms with van der Waals surface area (Å²) in [5, 5.41) is 17.9. The Morgan fingerprint density at radius 3 is 2.54 bits per heavy atom. The number of benzene rings is 2. The van der Waals surface area contributed by atoms with Crippen LogP contribution in [0.25, 0.3) is 22.2 Å². The van der Waals surface area contributed by atoms with E-state index in [2.05, 4.69) is 39.4 Å². The second-order valence-corrected chi connectivity index (χ2v) is 9.22. The van der Waals surface area contributed by atoms with Crippen LogP contribution in [0.1, 0.15) is 47.8 Å². The van der Waals surface area contributed by atoms with E-state index in [1.807, 2.05) is 25.1 Å². The number of aromatic hydroxyl groups is 1. The van der Waals surface area contributed by atoms with Gasteiger partial charge in [0.1, 0.15) is 0 Å². The number of phenols is 1. The zero-order chi connectivity index (χ0) is 24.5. The summed E-state index contributed by atoms with van der Waals surface area (Å²) in [7, 11) is 0. The van der Waals surface area contributed by atoms with Crippen molar-refractivity contribution in [2.75, 3.05) is 6.54 Å². The number of hydrogen-bond acceptors (Lipinski definition) is 4. The molecule has 0 radical (unpaired) electrons. The van der Waals surface area contributed by atoms with Crippen LogP contribution < -0.4 is 5.32 Å². The monoisotopic (exact) mass is 476 g/mol. The lowest BCUT2D eigenvalue weighted by molar-refractivity contribution is 0.0940. The molecule has 4 aromatic rings. The van der Waals surface area contributed by atoms with Gasteiger partial charge in [0.05, 0.1) is 17.3 Å². The smallest absolute Gasteiger partial charge is 0.251 e. The molecule has 2 N–H and O–H groups in total. The van der Waals surface area contributed by atoms with Gasteiger partial charge in [-0.3, -0.25) is 14.5 Å². The fourth-order valence-electron chi connectivity index (χ4n) is 4.73. The number of aromatic nitrogens is 3. The highest BCUT2D eigenvalue weighted by Crippen LogP contribution is 2.33. The lowest BCUT2D eigenvalue weighted by atomic mass is 9.86. The average molecular weight is 477 g/mol. The van der Waals surface area contributed by atoms with E-state index in [0.29, 0.717) is 6.54 Å². The molecule has 2 heterocycles. The van der Waals surface area contributed by atoms with Crippen molar-refractivity contribution in [1.82, 2.24) is 20.1 Å². The first-order valence-electron chi connectivity index (χ1n) is 11.8. The molecule has 0 unspecified atom stereocenters. The zero-order valence-electron chi connectivity index (χ0n) is 19.3. The molecule has 2 aromatic carbocycles. The Morgan fingerprint density at radius 1 is 1.09 bits per heavy atom. The van der Waals surface area contributed by atoms with Crippen LogP contribution in [0.5, 0.6) is 5.75 Å². The molecule has 1 aliphatic carbocycles. The van der Waals surface area contributed by atoms with Crippen molar-refractivity contribution in [3.63, 3.8) is 0 Å². The molecule has 0 bridgehead atoms. The summed E-state index contributed by atoms with van der Waals surface area (Å²) in [6.45, 7) is 2.41. The Labute approximate surface area is 201 Å². The second-order valence-electron chi connectivity index (χ2n) is 9.22. The molecule has 6 nitrogen and oxygen atoms in total. The molecule has 1 fully saturated rings. The maximum atomic E-state index is 13.5. The molecule has 1 aliphatic rings. The first-order valence-corrected chi connectivity index (χ1v) is 11.8. The van der Waals surface area contributed by atoms with Crippen molar-refractivity contribution in [2.45, 2.75) is 38.6 Å². The van der Waals surface area contributed by atoms with E-state index >= 15 is 0 Å². The molecule has 5 rings (SSSR count). The summed E-state index contributed by atoms with van der Waals surface area (Å²) in [5.41, 5.74) is 3.74. The van der Waals surface area contributed by atoms with Gasteiger partial charge in [0.25, 0.3) is 5.91 Å². The molecule has 0 aliphatic heterocycles. The van der Waals surface area contributed by atoms with E-state index in [9.17, 15) is 18.7 Å². The number of nitrogens with one attached hydrogen (secondary N) is 1. The number of pyridine rings is 1. The topological polar surface area (TPSA) is 80.0 Å². The molecule has 0 saturated heterocycles. The van der Waals surface area contributed by atoms with Crippen LogP contribution in [0, 0.1) is 24.5 Å². The van der Waals surface area contributed by atoms with Crippen LogP contribution in [-0.2, 0) is 0 Å². The van der Waals surface area contributed by atoms with Gasteiger partial charge in [0, 0.05) is 34.9 Å². The first-order chi connectivity index (χ1) is 16.9. The first kappa shape index (κ1) is 23.0. The molecular weight excluding hydrogens is 450 g/mol. The SMILES string of the molecule is Cc1cccc(-c2ccc3cn([C@H]4CC[C@H](CNC(=O)c5cc(F)c(O)c(F)c5)CC4)nc3c2)n1. The Morgan fingerprint density at radius 2 is 1.83 bits per heavy atom. The number of phenolic OH excluding ortho intramolecular Hbond substituents is 1. The highest BCUT2D eigenvalue weighted by molar-refractivity contribution is 5.94. The van der Waals surface area contributed by atoms with Gasteiger partial charge >= 0.3 is 0 Å². The lowest BCUT2D eigenvalue weighted by Gasteiger charge is -2.28. The average Bonchev–Trinajstić information content (AvgIpc) is 3.29. The van der Waals surface area contributed by atoms with Gasteiger partial charge in [-0.15, -0.1) is 0 Å². The fraction of sp³-hybridized carbons (Fsp3) is 0.296. The Balaban J connectivity index is 1.19. The molecule has 2 aromatic heterocycles. The van der Waals surface area contributed by atoms with Gasteiger partial charge in [-0.25, -0.2) is 8.78 Å².